The van der Waals surface area contributed by atoms with Gasteiger partial charge in [0, 0.05) is 17.5 Å². The summed E-state index contributed by atoms with van der Waals surface area (Å²) in [6.07, 6.45) is 1.98. The highest BCUT2D eigenvalue weighted by Gasteiger charge is 2.21. The molecule has 0 fully saturated rings. The topological polar surface area (TPSA) is 50.2 Å². The predicted molar refractivity (Wildman–Crippen MR) is 62.6 cm³/mol. The van der Waals surface area contributed by atoms with Gasteiger partial charge in [0.05, 0.1) is 11.4 Å². The molecule has 3 nitrogen and oxygen atoms in total. The number of hydrogen-bond acceptors (Lipinski definition) is 3. The second kappa shape index (κ2) is 5.05. The summed E-state index contributed by atoms with van der Waals surface area (Å²) in [5.41, 5.74) is 2.13. The minimum atomic E-state index is -0.955. The van der Waals surface area contributed by atoms with Crippen LogP contribution in [0.25, 0.3) is 0 Å². The lowest BCUT2D eigenvalue weighted by Gasteiger charge is -2.11. The van der Waals surface area contributed by atoms with Crippen LogP contribution in [0.3, 0.4) is 0 Å². The molecule has 0 aliphatic carbocycles. The van der Waals surface area contributed by atoms with Crippen molar-refractivity contribution in [2.24, 2.45) is 0 Å². The molecule has 5 heteroatoms. The fourth-order valence-corrected chi connectivity index (χ4v) is 2.26. The van der Waals surface area contributed by atoms with Gasteiger partial charge in [0.25, 0.3) is 0 Å². The van der Waals surface area contributed by atoms with Crippen molar-refractivity contribution in [1.29, 1.82) is 0 Å². The van der Waals surface area contributed by atoms with Crippen LogP contribution in [0.2, 0.25) is 0 Å². The van der Waals surface area contributed by atoms with E-state index in [0.717, 1.165) is 4.88 Å². The highest BCUT2D eigenvalue weighted by Crippen LogP contribution is 2.23. The Morgan fingerprint density at radius 3 is 2.94 bits per heavy atom. The van der Waals surface area contributed by atoms with E-state index in [-0.39, 0.29) is 0 Å². The zero-order chi connectivity index (χ0) is 12.3. The monoisotopic (exact) mass is 251 g/mol. The van der Waals surface area contributed by atoms with Crippen molar-refractivity contribution in [3.05, 3.63) is 52.2 Å². The molecular formula is C12H10FNO2S. The van der Waals surface area contributed by atoms with E-state index in [1.807, 2.05) is 0 Å². The highest BCUT2D eigenvalue weighted by atomic mass is 32.1. The van der Waals surface area contributed by atoms with Crippen molar-refractivity contribution >= 4 is 17.3 Å². The highest BCUT2D eigenvalue weighted by molar-refractivity contribution is 7.09. The van der Waals surface area contributed by atoms with Crippen molar-refractivity contribution in [2.45, 2.75) is 12.3 Å². The van der Waals surface area contributed by atoms with Gasteiger partial charge < -0.3 is 5.11 Å². The number of carbonyl (C=O) groups is 1. The molecule has 0 saturated heterocycles. The number of halogens is 1. The third-order valence-electron chi connectivity index (χ3n) is 2.44. The molecular weight excluding hydrogens is 241 g/mol. The summed E-state index contributed by atoms with van der Waals surface area (Å²) < 4.78 is 13.1. The lowest BCUT2D eigenvalue weighted by Crippen LogP contribution is -2.14. The van der Waals surface area contributed by atoms with Gasteiger partial charge in [0.15, 0.2) is 0 Å². The van der Waals surface area contributed by atoms with E-state index in [2.05, 4.69) is 4.98 Å². The quantitative estimate of drug-likeness (QED) is 0.908. The van der Waals surface area contributed by atoms with E-state index >= 15 is 0 Å². The Morgan fingerprint density at radius 1 is 1.53 bits per heavy atom. The van der Waals surface area contributed by atoms with Crippen LogP contribution in [0.4, 0.5) is 4.39 Å². The Bertz CT molecular complexity index is 513. The van der Waals surface area contributed by atoms with Gasteiger partial charge in [-0.25, -0.2) is 4.39 Å². The third kappa shape index (κ3) is 2.88. The van der Waals surface area contributed by atoms with Gasteiger partial charge in [-0.15, -0.1) is 11.3 Å². The number of hydrogen-bond donors (Lipinski definition) is 1. The Hall–Kier alpha value is -1.75. The summed E-state index contributed by atoms with van der Waals surface area (Å²) in [6.45, 7) is 0. The van der Waals surface area contributed by atoms with Gasteiger partial charge in [-0.1, -0.05) is 12.1 Å². The molecule has 1 unspecified atom stereocenters. The first-order valence-corrected chi connectivity index (χ1v) is 5.90. The molecule has 2 aromatic rings. The number of aromatic nitrogens is 1. The summed E-state index contributed by atoms with van der Waals surface area (Å²) in [6, 6.07) is 5.71. The van der Waals surface area contributed by atoms with Crippen molar-refractivity contribution < 1.29 is 14.3 Å². The maximum Gasteiger partial charge on any atom is 0.311 e. The van der Waals surface area contributed by atoms with Crippen LogP contribution in [-0.2, 0) is 11.2 Å². The predicted octanol–water partition coefficient (Wildman–Crippen LogP) is 2.69. The molecule has 0 saturated carbocycles. The summed E-state index contributed by atoms with van der Waals surface area (Å²) >= 11 is 1.40. The van der Waals surface area contributed by atoms with E-state index in [4.69, 9.17) is 0 Å². The van der Waals surface area contributed by atoms with E-state index < -0.39 is 17.7 Å². The van der Waals surface area contributed by atoms with Gasteiger partial charge in [-0.05, 0) is 17.7 Å². The molecule has 0 radical (unpaired) electrons. The number of carboxylic acids is 1. The van der Waals surface area contributed by atoms with Gasteiger partial charge in [0.2, 0.25) is 0 Å². The summed E-state index contributed by atoms with van der Waals surface area (Å²) in [5.74, 6) is -2.10. The normalized spacial score (nSPS) is 12.3. The zero-order valence-corrected chi connectivity index (χ0v) is 9.65. The molecule has 2 rings (SSSR count). The smallest absolute Gasteiger partial charge is 0.311 e. The molecule has 0 aliphatic heterocycles. The fraction of sp³-hybridized carbons (Fsp3) is 0.167. The van der Waals surface area contributed by atoms with Crippen molar-refractivity contribution in [3.8, 4) is 0 Å². The van der Waals surface area contributed by atoms with Crippen LogP contribution in [-0.4, -0.2) is 16.1 Å². The van der Waals surface area contributed by atoms with Crippen LogP contribution in [0.5, 0.6) is 0 Å². The number of carboxylic acid groups (broad SMARTS) is 1. The van der Waals surface area contributed by atoms with Gasteiger partial charge in [-0.3, -0.25) is 9.78 Å². The molecule has 0 aliphatic rings. The molecule has 1 heterocycles. The summed E-state index contributed by atoms with van der Waals surface area (Å²) in [7, 11) is 0. The summed E-state index contributed by atoms with van der Waals surface area (Å²) in [5, 5.41) is 9.18. The molecule has 0 amide bonds. The summed E-state index contributed by atoms with van der Waals surface area (Å²) in [4.78, 5) is 16.0. The number of benzene rings is 1. The minimum absolute atomic E-state index is 0.337. The average Bonchev–Trinajstić information content (AvgIpc) is 2.78. The van der Waals surface area contributed by atoms with Crippen LogP contribution in [0, 0.1) is 5.82 Å². The first-order valence-electron chi connectivity index (χ1n) is 5.02. The Kier molecular flexibility index (Phi) is 3.49. The molecule has 1 atom stereocenters. The Morgan fingerprint density at radius 2 is 2.35 bits per heavy atom. The number of thiazole rings is 1. The van der Waals surface area contributed by atoms with Crippen LogP contribution in [0.15, 0.2) is 36.0 Å². The molecule has 1 aromatic carbocycles. The van der Waals surface area contributed by atoms with Gasteiger partial charge in [-0.2, -0.15) is 0 Å². The zero-order valence-electron chi connectivity index (χ0n) is 8.84. The average molecular weight is 251 g/mol. The SMILES string of the molecule is O=C(O)C(Cc1cncs1)c1cccc(F)c1. The van der Waals surface area contributed by atoms with E-state index in [1.54, 1.807) is 17.8 Å². The lowest BCUT2D eigenvalue weighted by molar-refractivity contribution is -0.138. The number of rotatable bonds is 4. The fourth-order valence-electron chi connectivity index (χ4n) is 1.62. The maximum absolute atomic E-state index is 13.1. The third-order valence-corrected chi connectivity index (χ3v) is 3.24. The minimum Gasteiger partial charge on any atom is -0.481 e. The number of nitrogens with zero attached hydrogens (tertiary/aromatic N) is 1. The molecule has 0 spiro atoms. The van der Waals surface area contributed by atoms with Crippen molar-refractivity contribution in [1.82, 2.24) is 4.98 Å². The van der Waals surface area contributed by atoms with E-state index in [9.17, 15) is 14.3 Å². The first-order chi connectivity index (χ1) is 8.16. The molecule has 88 valence electrons. The van der Waals surface area contributed by atoms with Crippen LogP contribution in [0.1, 0.15) is 16.4 Å². The molecule has 17 heavy (non-hydrogen) atoms. The largest absolute Gasteiger partial charge is 0.481 e. The second-order valence-electron chi connectivity index (χ2n) is 3.62. The molecule has 0 bridgehead atoms. The molecule has 1 N–H and O–H groups in total. The van der Waals surface area contributed by atoms with Crippen molar-refractivity contribution in [3.63, 3.8) is 0 Å². The van der Waals surface area contributed by atoms with E-state index in [0.29, 0.717) is 12.0 Å². The van der Waals surface area contributed by atoms with Gasteiger partial charge in [0.1, 0.15) is 5.82 Å². The van der Waals surface area contributed by atoms with Crippen molar-refractivity contribution in [2.75, 3.05) is 0 Å². The standard InChI is InChI=1S/C12H10FNO2S/c13-9-3-1-2-8(4-9)11(12(15)16)5-10-6-14-7-17-10/h1-4,6-7,11H,5H2,(H,15,16). The lowest BCUT2D eigenvalue weighted by atomic mass is 9.95. The Balaban J connectivity index is 2.26. The number of aliphatic carboxylic acids is 1. The van der Waals surface area contributed by atoms with Crippen LogP contribution >= 0.6 is 11.3 Å². The molecule has 1 aromatic heterocycles. The first kappa shape index (κ1) is 11.7. The van der Waals surface area contributed by atoms with E-state index in [1.165, 1.54) is 29.5 Å². The van der Waals surface area contributed by atoms with Crippen LogP contribution < -0.4 is 0 Å². The Labute approximate surface area is 102 Å². The maximum atomic E-state index is 13.1. The van der Waals surface area contributed by atoms with Gasteiger partial charge >= 0.3 is 5.97 Å². The second-order valence-corrected chi connectivity index (χ2v) is 4.59.